The average molecular weight is 476 g/mol. The van der Waals surface area contributed by atoms with E-state index in [1.807, 2.05) is 18.2 Å². The number of aromatic hydroxyl groups is 1. The summed E-state index contributed by atoms with van der Waals surface area (Å²) in [6, 6.07) is 22.6. The minimum atomic E-state index is 0.0719. The Morgan fingerprint density at radius 1 is 1.00 bits per heavy atom. The van der Waals surface area contributed by atoms with E-state index in [9.17, 15) is 5.11 Å². The van der Waals surface area contributed by atoms with Gasteiger partial charge in [0.2, 0.25) is 0 Å². The van der Waals surface area contributed by atoms with E-state index in [0.29, 0.717) is 24.2 Å². The molecular weight excluding hydrogens is 450 g/mol. The van der Waals surface area contributed by atoms with Crippen molar-refractivity contribution < 1.29 is 9.84 Å². The van der Waals surface area contributed by atoms with Crippen LogP contribution in [0.4, 0.5) is 5.69 Å². The summed E-state index contributed by atoms with van der Waals surface area (Å²) in [5.41, 5.74) is 4.69. The lowest BCUT2D eigenvalue weighted by atomic mass is 9.77. The van der Waals surface area contributed by atoms with Crippen molar-refractivity contribution in [3.8, 4) is 11.5 Å². The molecule has 2 aliphatic rings. The van der Waals surface area contributed by atoms with Gasteiger partial charge in [-0.3, -0.25) is 0 Å². The molecule has 1 heterocycles. The van der Waals surface area contributed by atoms with E-state index >= 15 is 0 Å². The summed E-state index contributed by atoms with van der Waals surface area (Å²) in [5, 5.41) is 14.2. The number of halogens is 1. The first-order valence-corrected chi connectivity index (χ1v) is 11.7. The Balaban J connectivity index is 1.32. The van der Waals surface area contributed by atoms with Crippen LogP contribution in [0.25, 0.3) is 0 Å². The second-order valence-corrected chi connectivity index (χ2v) is 9.28. The van der Waals surface area contributed by atoms with Crippen LogP contribution in [0, 0.1) is 5.92 Å². The average Bonchev–Trinajstić information content (AvgIpc) is 3.29. The lowest BCUT2D eigenvalue weighted by molar-refractivity contribution is 0.310. The molecule has 4 heteroatoms. The first-order chi connectivity index (χ1) is 15.2. The Hall–Kier alpha value is -2.72. The number of hydrogen-bond acceptors (Lipinski definition) is 3. The number of anilines is 1. The number of phenols is 1. The van der Waals surface area contributed by atoms with Gasteiger partial charge in [0.05, 0.1) is 12.6 Å². The lowest BCUT2D eigenvalue weighted by Crippen LogP contribution is -2.29. The Labute approximate surface area is 191 Å². The fourth-order valence-corrected chi connectivity index (χ4v) is 5.23. The summed E-state index contributed by atoms with van der Waals surface area (Å²) in [6.45, 7) is 0.708. The van der Waals surface area contributed by atoms with Crippen LogP contribution < -0.4 is 10.1 Å². The Morgan fingerprint density at radius 3 is 2.74 bits per heavy atom. The zero-order valence-electron chi connectivity index (χ0n) is 17.3. The highest BCUT2D eigenvalue weighted by Crippen LogP contribution is 2.51. The highest BCUT2D eigenvalue weighted by molar-refractivity contribution is 9.10. The van der Waals surface area contributed by atoms with Crippen molar-refractivity contribution in [3.05, 3.63) is 100 Å². The van der Waals surface area contributed by atoms with Crippen LogP contribution >= 0.6 is 15.9 Å². The standard InChI is InChI=1S/C27H26BrNO2/c28-19-11-14-26(30)24(16-19)27-22-10-4-9-21(22)23-17-20(12-13-25(23)29-27)31-15-5-8-18-6-2-1-3-7-18/h1-4,6-7,9,11-14,16-17,21-22,27,29-30H,5,8,10,15H2. The third-order valence-electron chi connectivity index (χ3n) is 6.38. The molecule has 0 amide bonds. The third kappa shape index (κ3) is 4.22. The van der Waals surface area contributed by atoms with Gasteiger partial charge in [-0.15, -0.1) is 0 Å². The minimum absolute atomic E-state index is 0.0719. The van der Waals surface area contributed by atoms with Gasteiger partial charge in [0.1, 0.15) is 11.5 Å². The first-order valence-electron chi connectivity index (χ1n) is 10.9. The van der Waals surface area contributed by atoms with Gasteiger partial charge in [0.15, 0.2) is 0 Å². The Bertz CT molecular complexity index is 1100. The molecule has 2 N–H and O–H groups in total. The lowest BCUT2D eigenvalue weighted by Gasteiger charge is -2.38. The van der Waals surface area contributed by atoms with E-state index in [-0.39, 0.29) is 6.04 Å². The van der Waals surface area contributed by atoms with Gasteiger partial charge in [0, 0.05) is 21.6 Å². The molecule has 0 fully saturated rings. The van der Waals surface area contributed by atoms with Gasteiger partial charge < -0.3 is 15.2 Å². The SMILES string of the molecule is Oc1ccc(Br)cc1C1Nc2ccc(OCCCc3ccccc3)cc2C2C=CCC21. The molecule has 5 rings (SSSR count). The van der Waals surface area contributed by atoms with E-state index in [1.165, 1.54) is 11.1 Å². The molecule has 3 aromatic rings. The largest absolute Gasteiger partial charge is 0.508 e. The summed E-state index contributed by atoms with van der Waals surface area (Å²) in [7, 11) is 0. The van der Waals surface area contributed by atoms with Crippen LogP contribution in [0.2, 0.25) is 0 Å². The van der Waals surface area contributed by atoms with Crippen LogP contribution in [0.3, 0.4) is 0 Å². The number of rotatable bonds is 6. The quantitative estimate of drug-likeness (QED) is 0.298. The highest BCUT2D eigenvalue weighted by atomic mass is 79.9. The molecule has 31 heavy (non-hydrogen) atoms. The molecule has 3 nitrogen and oxygen atoms in total. The number of allylic oxidation sites excluding steroid dienone is 2. The number of phenolic OH excluding ortho intramolecular Hbond substituents is 1. The van der Waals surface area contributed by atoms with Gasteiger partial charge in [-0.25, -0.2) is 0 Å². The van der Waals surface area contributed by atoms with Crippen molar-refractivity contribution >= 4 is 21.6 Å². The molecule has 3 aromatic carbocycles. The number of fused-ring (bicyclic) bond motifs is 3. The van der Waals surface area contributed by atoms with E-state index in [1.54, 1.807) is 6.07 Å². The molecule has 0 bridgehead atoms. The third-order valence-corrected chi connectivity index (χ3v) is 6.87. The normalized spacial score (nSPS) is 21.3. The molecule has 0 radical (unpaired) electrons. The maximum absolute atomic E-state index is 10.5. The van der Waals surface area contributed by atoms with Crippen LogP contribution in [0.1, 0.15) is 41.5 Å². The Kier molecular flexibility index (Phi) is 5.73. The molecular formula is C27H26BrNO2. The summed E-state index contributed by atoms with van der Waals surface area (Å²) >= 11 is 3.55. The van der Waals surface area contributed by atoms with Gasteiger partial charge >= 0.3 is 0 Å². The zero-order chi connectivity index (χ0) is 21.2. The monoisotopic (exact) mass is 475 g/mol. The maximum atomic E-state index is 10.5. The van der Waals surface area contributed by atoms with E-state index in [2.05, 4.69) is 75.9 Å². The van der Waals surface area contributed by atoms with E-state index in [4.69, 9.17) is 4.74 Å². The smallest absolute Gasteiger partial charge is 0.120 e. The topological polar surface area (TPSA) is 41.5 Å². The second kappa shape index (κ2) is 8.80. The first kappa shape index (κ1) is 20.2. The molecule has 0 saturated heterocycles. The summed E-state index contributed by atoms with van der Waals surface area (Å²) in [5.74, 6) is 1.97. The molecule has 3 atom stereocenters. The molecule has 0 aromatic heterocycles. The number of ether oxygens (including phenoxy) is 1. The molecule has 1 aliphatic carbocycles. The summed E-state index contributed by atoms with van der Waals surface area (Å²) in [4.78, 5) is 0. The predicted octanol–water partition coefficient (Wildman–Crippen LogP) is 6.99. The van der Waals surface area contributed by atoms with E-state index < -0.39 is 0 Å². The molecule has 3 unspecified atom stereocenters. The zero-order valence-corrected chi connectivity index (χ0v) is 18.9. The van der Waals surface area contributed by atoms with Crippen molar-refractivity contribution in [2.75, 3.05) is 11.9 Å². The van der Waals surface area contributed by atoms with E-state index in [0.717, 1.165) is 40.7 Å². The fraction of sp³-hybridized carbons (Fsp3) is 0.259. The Morgan fingerprint density at radius 2 is 1.87 bits per heavy atom. The molecule has 1 aliphatic heterocycles. The molecule has 0 saturated carbocycles. The number of nitrogens with one attached hydrogen (secondary N) is 1. The van der Waals surface area contributed by atoms with Crippen molar-refractivity contribution in [1.29, 1.82) is 0 Å². The van der Waals surface area contributed by atoms with Gasteiger partial charge in [-0.2, -0.15) is 0 Å². The summed E-state index contributed by atoms with van der Waals surface area (Å²) in [6.07, 6.45) is 7.59. The second-order valence-electron chi connectivity index (χ2n) is 8.37. The van der Waals surface area contributed by atoms with Gasteiger partial charge in [-0.05, 0) is 72.7 Å². The molecule has 0 spiro atoms. The maximum Gasteiger partial charge on any atom is 0.120 e. The minimum Gasteiger partial charge on any atom is -0.508 e. The fourth-order valence-electron chi connectivity index (χ4n) is 4.86. The van der Waals surface area contributed by atoms with Crippen LogP contribution in [0.5, 0.6) is 11.5 Å². The van der Waals surface area contributed by atoms with Gasteiger partial charge in [0.25, 0.3) is 0 Å². The van der Waals surface area contributed by atoms with Crippen molar-refractivity contribution in [2.24, 2.45) is 5.92 Å². The highest BCUT2D eigenvalue weighted by Gasteiger charge is 2.39. The van der Waals surface area contributed by atoms with Crippen LogP contribution in [0.15, 0.2) is 83.4 Å². The van der Waals surface area contributed by atoms with Crippen LogP contribution in [-0.4, -0.2) is 11.7 Å². The van der Waals surface area contributed by atoms with Crippen molar-refractivity contribution in [3.63, 3.8) is 0 Å². The molecule has 158 valence electrons. The van der Waals surface area contributed by atoms with Crippen molar-refractivity contribution in [2.45, 2.75) is 31.2 Å². The number of aryl methyl sites for hydroxylation is 1. The number of hydrogen-bond donors (Lipinski definition) is 2. The summed E-state index contributed by atoms with van der Waals surface area (Å²) < 4.78 is 7.07. The number of benzene rings is 3. The van der Waals surface area contributed by atoms with Crippen molar-refractivity contribution in [1.82, 2.24) is 0 Å². The predicted molar refractivity (Wildman–Crippen MR) is 129 cm³/mol. The van der Waals surface area contributed by atoms with Crippen LogP contribution in [-0.2, 0) is 6.42 Å². The van der Waals surface area contributed by atoms with Gasteiger partial charge in [-0.1, -0.05) is 58.4 Å².